The Balaban J connectivity index is 2.11. The zero-order valence-electron chi connectivity index (χ0n) is 10.1. The first-order valence-electron chi connectivity index (χ1n) is 5.57. The molecule has 0 spiro atoms. The molecular formula is C13H10BrN3O3. The summed E-state index contributed by atoms with van der Waals surface area (Å²) in [4.78, 5) is 26.6. The summed E-state index contributed by atoms with van der Waals surface area (Å²) in [5, 5.41) is 14.1. The molecule has 0 aliphatic rings. The molecule has 1 aromatic heterocycles. The monoisotopic (exact) mass is 335 g/mol. The first-order valence-corrected chi connectivity index (χ1v) is 6.36. The molecule has 2 rings (SSSR count). The van der Waals surface area contributed by atoms with Crippen LogP contribution in [-0.2, 0) is 0 Å². The number of urea groups is 1. The summed E-state index contributed by atoms with van der Waals surface area (Å²) < 4.78 is 0.587. The lowest BCUT2D eigenvalue weighted by Gasteiger charge is -2.09. The van der Waals surface area contributed by atoms with E-state index in [2.05, 4.69) is 31.5 Å². The van der Waals surface area contributed by atoms with Crippen LogP contribution in [0.3, 0.4) is 0 Å². The van der Waals surface area contributed by atoms with Crippen molar-refractivity contribution in [3.05, 3.63) is 52.8 Å². The average Bonchev–Trinajstić information content (AvgIpc) is 2.42. The number of anilines is 2. The maximum Gasteiger partial charge on any atom is 0.335 e. The number of rotatable bonds is 3. The molecule has 2 aromatic rings. The van der Waals surface area contributed by atoms with Crippen LogP contribution in [0.15, 0.2) is 47.2 Å². The van der Waals surface area contributed by atoms with Crippen LogP contribution in [0.25, 0.3) is 0 Å². The van der Waals surface area contributed by atoms with Gasteiger partial charge in [-0.05, 0) is 46.3 Å². The van der Waals surface area contributed by atoms with Gasteiger partial charge in [0.25, 0.3) is 0 Å². The van der Waals surface area contributed by atoms with E-state index in [-0.39, 0.29) is 5.56 Å². The lowest BCUT2D eigenvalue weighted by atomic mass is 10.2. The SMILES string of the molecule is O=C(Nc1cccnc1)Nc1cc(C(=O)O)ccc1Br. The number of aromatic nitrogens is 1. The average molecular weight is 336 g/mol. The number of hydrogen-bond acceptors (Lipinski definition) is 3. The lowest BCUT2D eigenvalue weighted by molar-refractivity contribution is 0.0697. The third kappa shape index (κ3) is 3.55. The molecule has 0 fully saturated rings. The van der Waals surface area contributed by atoms with Gasteiger partial charge in [0.15, 0.2) is 0 Å². The standard InChI is InChI=1S/C13H10BrN3O3/c14-10-4-3-8(12(18)19)6-11(10)17-13(20)16-9-2-1-5-15-7-9/h1-7H,(H,18,19)(H2,16,17,20). The summed E-state index contributed by atoms with van der Waals surface area (Å²) in [6, 6.07) is 7.27. The van der Waals surface area contributed by atoms with Crippen molar-refractivity contribution in [2.45, 2.75) is 0 Å². The molecule has 0 unspecified atom stereocenters. The van der Waals surface area contributed by atoms with E-state index >= 15 is 0 Å². The van der Waals surface area contributed by atoms with Crippen molar-refractivity contribution in [3.63, 3.8) is 0 Å². The topological polar surface area (TPSA) is 91.3 Å². The van der Waals surface area contributed by atoms with E-state index in [4.69, 9.17) is 5.11 Å². The Morgan fingerprint density at radius 2 is 2.00 bits per heavy atom. The Morgan fingerprint density at radius 3 is 2.65 bits per heavy atom. The van der Waals surface area contributed by atoms with Crippen molar-refractivity contribution in [3.8, 4) is 0 Å². The quantitative estimate of drug-likeness (QED) is 0.803. The van der Waals surface area contributed by atoms with Crippen LogP contribution in [0.5, 0.6) is 0 Å². The molecule has 0 aliphatic heterocycles. The maximum absolute atomic E-state index is 11.8. The Bertz CT molecular complexity index is 647. The normalized spacial score (nSPS) is 9.85. The molecule has 1 aromatic carbocycles. The molecule has 7 heteroatoms. The second-order valence-electron chi connectivity index (χ2n) is 3.82. The number of amides is 2. The van der Waals surface area contributed by atoms with E-state index in [0.29, 0.717) is 15.8 Å². The first-order chi connectivity index (χ1) is 9.56. The molecule has 6 nitrogen and oxygen atoms in total. The van der Waals surface area contributed by atoms with E-state index in [0.717, 1.165) is 0 Å². The largest absolute Gasteiger partial charge is 0.478 e. The third-order valence-corrected chi connectivity index (χ3v) is 3.07. The van der Waals surface area contributed by atoms with Gasteiger partial charge in [-0.25, -0.2) is 9.59 Å². The zero-order valence-corrected chi connectivity index (χ0v) is 11.7. The molecule has 0 saturated carbocycles. The van der Waals surface area contributed by atoms with E-state index in [1.165, 1.54) is 18.3 Å². The van der Waals surface area contributed by atoms with Gasteiger partial charge < -0.3 is 15.7 Å². The number of carbonyl (C=O) groups is 2. The number of carboxylic acid groups (broad SMARTS) is 1. The van der Waals surface area contributed by atoms with E-state index in [1.807, 2.05) is 0 Å². The minimum Gasteiger partial charge on any atom is -0.478 e. The molecule has 0 radical (unpaired) electrons. The number of carbonyl (C=O) groups excluding carboxylic acids is 1. The third-order valence-electron chi connectivity index (χ3n) is 2.38. The number of halogens is 1. The molecule has 3 N–H and O–H groups in total. The highest BCUT2D eigenvalue weighted by Crippen LogP contribution is 2.23. The number of carboxylic acids is 1. The first kappa shape index (κ1) is 14.0. The highest BCUT2D eigenvalue weighted by molar-refractivity contribution is 9.10. The smallest absolute Gasteiger partial charge is 0.335 e. The number of aromatic carboxylic acids is 1. The van der Waals surface area contributed by atoms with E-state index < -0.39 is 12.0 Å². The number of nitrogens with one attached hydrogen (secondary N) is 2. The highest BCUT2D eigenvalue weighted by Gasteiger charge is 2.10. The van der Waals surface area contributed by atoms with Gasteiger partial charge in [0.2, 0.25) is 0 Å². The van der Waals surface area contributed by atoms with Crippen LogP contribution < -0.4 is 10.6 Å². The minimum atomic E-state index is -1.06. The second kappa shape index (κ2) is 6.16. The van der Waals surface area contributed by atoms with Gasteiger partial charge in [0.1, 0.15) is 0 Å². The van der Waals surface area contributed by atoms with Gasteiger partial charge >= 0.3 is 12.0 Å². The predicted molar refractivity (Wildman–Crippen MR) is 78.0 cm³/mol. The summed E-state index contributed by atoms with van der Waals surface area (Å²) in [5.74, 6) is -1.06. The Labute approximate surface area is 123 Å². The van der Waals surface area contributed by atoms with Crippen molar-refractivity contribution in [2.75, 3.05) is 10.6 Å². The van der Waals surface area contributed by atoms with Crippen LogP contribution in [0.2, 0.25) is 0 Å². The van der Waals surface area contributed by atoms with Crippen molar-refractivity contribution >= 4 is 39.3 Å². The Morgan fingerprint density at radius 1 is 1.20 bits per heavy atom. The van der Waals surface area contributed by atoms with E-state index in [1.54, 1.807) is 24.4 Å². The van der Waals surface area contributed by atoms with Gasteiger partial charge in [-0.1, -0.05) is 0 Å². The van der Waals surface area contributed by atoms with Gasteiger partial charge in [0.05, 0.1) is 23.1 Å². The molecular weight excluding hydrogens is 326 g/mol. The molecule has 0 atom stereocenters. The summed E-state index contributed by atoms with van der Waals surface area (Å²) >= 11 is 3.25. The molecule has 2 amide bonds. The Kier molecular flexibility index (Phi) is 4.31. The van der Waals surface area contributed by atoms with Crippen LogP contribution in [0.1, 0.15) is 10.4 Å². The zero-order chi connectivity index (χ0) is 14.5. The highest BCUT2D eigenvalue weighted by atomic mass is 79.9. The predicted octanol–water partition coefficient (Wildman–Crippen LogP) is 3.19. The fraction of sp³-hybridized carbons (Fsp3) is 0. The Hall–Kier alpha value is -2.41. The summed E-state index contributed by atoms with van der Waals surface area (Å²) in [7, 11) is 0. The van der Waals surface area contributed by atoms with Crippen LogP contribution in [0, 0.1) is 0 Å². The lowest BCUT2D eigenvalue weighted by Crippen LogP contribution is -2.20. The number of benzene rings is 1. The fourth-order valence-corrected chi connectivity index (χ4v) is 1.82. The fourth-order valence-electron chi connectivity index (χ4n) is 1.48. The van der Waals surface area contributed by atoms with E-state index in [9.17, 15) is 9.59 Å². The number of pyridine rings is 1. The van der Waals surface area contributed by atoms with Crippen LogP contribution >= 0.6 is 15.9 Å². The van der Waals surface area contributed by atoms with Gasteiger partial charge in [-0.2, -0.15) is 0 Å². The summed E-state index contributed by atoms with van der Waals surface area (Å²) in [6.45, 7) is 0. The van der Waals surface area contributed by atoms with Crippen LogP contribution in [0.4, 0.5) is 16.2 Å². The maximum atomic E-state index is 11.8. The van der Waals surface area contributed by atoms with Crippen molar-refractivity contribution < 1.29 is 14.7 Å². The molecule has 20 heavy (non-hydrogen) atoms. The number of hydrogen-bond donors (Lipinski definition) is 3. The number of nitrogens with zero attached hydrogens (tertiary/aromatic N) is 1. The molecule has 0 aliphatic carbocycles. The summed E-state index contributed by atoms with van der Waals surface area (Å²) in [6.07, 6.45) is 3.10. The summed E-state index contributed by atoms with van der Waals surface area (Å²) in [5.41, 5.74) is 0.992. The van der Waals surface area contributed by atoms with Gasteiger partial charge in [-0.3, -0.25) is 4.98 Å². The molecule has 102 valence electrons. The van der Waals surface area contributed by atoms with Crippen molar-refractivity contribution in [1.29, 1.82) is 0 Å². The van der Waals surface area contributed by atoms with Gasteiger partial charge in [0, 0.05) is 10.7 Å². The molecule has 0 bridgehead atoms. The van der Waals surface area contributed by atoms with Gasteiger partial charge in [-0.15, -0.1) is 0 Å². The second-order valence-corrected chi connectivity index (χ2v) is 4.67. The van der Waals surface area contributed by atoms with Crippen molar-refractivity contribution in [1.82, 2.24) is 4.98 Å². The minimum absolute atomic E-state index is 0.0878. The van der Waals surface area contributed by atoms with Crippen molar-refractivity contribution in [2.24, 2.45) is 0 Å². The molecule has 0 saturated heterocycles. The van der Waals surface area contributed by atoms with Crippen LogP contribution in [-0.4, -0.2) is 22.1 Å². The molecule has 1 heterocycles.